The molecule has 2 aromatic rings. The maximum Gasteiger partial charge on any atom is 0.269 e. The van der Waals surface area contributed by atoms with Crippen LogP contribution in [0.15, 0.2) is 41.3 Å². The zero-order valence-electron chi connectivity index (χ0n) is 10.7. The van der Waals surface area contributed by atoms with Crippen molar-refractivity contribution in [1.29, 1.82) is 0 Å². The molecule has 0 aliphatic carbocycles. The minimum Gasteiger partial charge on any atom is -0.366 e. The Kier molecular flexibility index (Phi) is 3.95. The van der Waals surface area contributed by atoms with E-state index in [4.69, 9.17) is 5.73 Å². The van der Waals surface area contributed by atoms with Crippen molar-refractivity contribution in [2.45, 2.75) is 6.92 Å². The van der Waals surface area contributed by atoms with E-state index in [1.165, 1.54) is 23.5 Å². The van der Waals surface area contributed by atoms with Crippen LogP contribution in [0.25, 0.3) is 17.2 Å². The minimum atomic E-state index is -0.449. The van der Waals surface area contributed by atoms with Crippen LogP contribution in [-0.2, 0) is 4.79 Å². The zero-order valence-corrected chi connectivity index (χ0v) is 11.5. The van der Waals surface area contributed by atoms with Crippen LogP contribution in [0.1, 0.15) is 11.8 Å². The second-order valence-electron chi connectivity index (χ2n) is 4.23. The lowest BCUT2D eigenvalue weighted by atomic mass is 10.1. The van der Waals surface area contributed by atoms with Gasteiger partial charge in [0.25, 0.3) is 5.69 Å². The summed E-state index contributed by atoms with van der Waals surface area (Å²) in [5.74, 6) is -0.449. The van der Waals surface area contributed by atoms with E-state index in [9.17, 15) is 14.9 Å². The van der Waals surface area contributed by atoms with Crippen molar-refractivity contribution in [2.75, 3.05) is 0 Å². The molecule has 0 unspecified atom stereocenters. The molecule has 20 heavy (non-hydrogen) atoms. The number of hydrogen-bond donors (Lipinski definition) is 1. The molecule has 0 spiro atoms. The molecule has 0 aliphatic rings. The van der Waals surface area contributed by atoms with Gasteiger partial charge >= 0.3 is 0 Å². The van der Waals surface area contributed by atoms with Crippen molar-refractivity contribution in [3.63, 3.8) is 0 Å². The van der Waals surface area contributed by atoms with Gasteiger partial charge in [0.2, 0.25) is 5.91 Å². The van der Waals surface area contributed by atoms with Gasteiger partial charge in [-0.15, -0.1) is 11.3 Å². The van der Waals surface area contributed by atoms with Crippen LogP contribution < -0.4 is 5.73 Å². The minimum absolute atomic E-state index is 0.0636. The normalized spacial score (nSPS) is 11.3. The van der Waals surface area contributed by atoms with Gasteiger partial charge in [0.05, 0.1) is 4.92 Å². The molecule has 1 aromatic carbocycles. The molecular weight excluding hydrogens is 276 g/mol. The van der Waals surface area contributed by atoms with E-state index in [0.29, 0.717) is 5.57 Å². The van der Waals surface area contributed by atoms with Crippen molar-refractivity contribution in [3.8, 4) is 11.1 Å². The number of nitrogens with two attached hydrogens (primary N) is 1. The quantitative estimate of drug-likeness (QED) is 0.532. The summed E-state index contributed by atoms with van der Waals surface area (Å²) < 4.78 is 0. The van der Waals surface area contributed by atoms with E-state index in [-0.39, 0.29) is 5.69 Å². The predicted octanol–water partition coefficient (Wildman–Crippen LogP) is 3.21. The molecule has 0 aliphatic heterocycles. The third kappa shape index (κ3) is 3.10. The van der Waals surface area contributed by atoms with E-state index in [0.717, 1.165) is 16.0 Å². The van der Waals surface area contributed by atoms with E-state index >= 15 is 0 Å². The lowest BCUT2D eigenvalue weighted by Crippen LogP contribution is -2.11. The lowest BCUT2D eigenvalue weighted by Gasteiger charge is -1.96. The third-order valence-electron chi connectivity index (χ3n) is 2.78. The van der Waals surface area contributed by atoms with E-state index in [1.54, 1.807) is 25.1 Å². The molecule has 0 saturated carbocycles. The number of nitro groups is 1. The fraction of sp³-hybridized carbons (Fsp3) is 0.0714. The first kappa shape index (κ1) is 14.0. The fourth-order valence-electron chi connectivity index (χ4n) is 1.64. The van der Waals surface area contributed by atoms with Gasteiger partial charge in [0, 0.05) is 22.6 Å². The number of rotatable bonds is 4. The zero-order chi connectivity index (χ0) is 14.7. The molecule has 0 atom stereocenters. The fourth-order valence-corrected chi connectivity index (χ4v) is 2.55. The molecule has 5 nitrogen and oxygen atoms in total. The van der Waals surface area contributed by atoms with Gasteiger partial charge in [-0.25, -0.2) is 0 Å². The average Bonchev–Trinajstić information content (AvgIpc) is 2.87. The number of nitrogens with zero attached hydrogens (tertiary/aromatic N) is 1. The monoisotopic (exact) mass is 288 g/mol. The summed E-state index contributed by atoms with van der Waals surface area (Å²) in [4.78, 5) is 22.1. The Morgan fingerprint density at radius 2 is 1.95 bits per heavy atom. The Morgan fingerprint density at radius 1 is 1.30 bits per heavy atom. The molecule has 0 bridgehead atoms. The molecule has 6 heteroatoms. The van der Waals surface area contributed by atoms with Crippen molar-refractivity contribution in [1.82, 2.24) is 0 Å². The number of carbonyl (C=O) groups excluding carboxylic acids is 1. The Morgan fingerprint density at radius 3 is 2.50 bits per heavy atom. The molecule has 0 radical (unpaired) electrons. The number of nitro benzene ring substituents is 1. The van der Waals surface area contributed by atoms with Crippen molar-refractivity contribution in [3.05, 3.63) is 56.3 Å². The molecule has 1 heterocycles. The summed E-state index contributed by atoms with van der Waals surface area (Å²) in [7, 11) is 0. The van der Waals surface area contributed by atoms with Gasteiger partial charge in [-0.2, -0.15) is 0 Å². The van der Waals surface area contributed by atoms with E-state index in [2.05, 4.69) is 0 Å². The smallest absolute Gasteiger partial charge is 0.269 e. The number of amides is 1. The Bertz CT molecular complexity index is 687. The third-order valence-corrected chi connectivity index (χ3v) is 3.66. The van der Waals surface area contributed by atoms with Crippen molar-refractivity contribution >= 4 is 29.0 Å². The molecule has 1 amide bonds. The van der Waals surface area contributed by atoms with Gasteiger partial charge < -0.3 is 5.73 Å². The molecule has 2 rings (SSSR count). The maximum atomic E-state index is 11.0. The topological polar surface area (TPSA) is 86.2 Å². The highest BCUT2D eigenvalue weighted by molar-refractivity contribution is 7.11. The number of carbonyl (C=O) groups is 1. The highest BCUT2D eigenvalue weighted by Gasteiger charge is 2.07. The molecular formula is C14H12N2O3S. The Balaban J connectivity index is 2.27. The number of primary amides is 1. The van der Waals surface area contributed by atoms with Gasteiger partial charge in [-0.3, -0.25) is 14.9 Å². The Hall–Kier alpha value is -2.47. The molecule has 102 valence electrons. The first-order chi connectivity index (χ1) is 9.47. The van der Waals surface area contributed by atoms with Crippen LogP contribution in [0.5, 0.6) is 0 Å². The van der Waals surface area contributed by atoms with Crippen molar-refractivity contribution < 1.29 is 9.72 Å². The molecule has 0 fully saturated rings. The second-order valence-corrected chi connectivity index (χ2v) is 5.18. The van der Waals surface area contributed by atoms with E-state index in [1.807, 2.05) is 11.4 Å². The van der Waals surface area contributed by atoms with Gasteiger partial charge in [0.15, 0.2) is 0 Å². The lowest BCUT2D eigenvalue weighted by molar-refractivity contribution is -0.384. The highest BCUT2D eigenvalue weighted by Crippen LogP contribution is 2.28. The van der Waals surface area contributed by atoms with Crippen LogP contribution >= 0.6 is 11.3 Å². The summed E-state index contributed by atoms with van der Waals surface area (Å²) in [5, 5.41) is 12.5. The number of hydrogen-bond acceptors (Lipinski definition) is 4. The largest absolute Gasteiger partial charge is 0.366 e. The number of thiophene rings is 1. The molecule has 2 N–H and O–H groups in total. The van der Waals surface area contributed by atoms with Crippen LogP contribution in [0.2, 0.25) is 0 Å². The van der Waals surface area contributed by atoms with Gasteiger partial charge in [0.1, 0.15) is 0 Å². The summed E-state index contributed by atoms with van der Waals surface area (Å²) in [6.45, 7) is 1.66. The predicted molar refractivity (Wildman–Crippen MR) is 79.3 cm³/mol. The van der Waals surface area contributed by atoms with E-state index < -0.39 is 10.8 Å². The van der Waals surface area contributed by atoms with Crippen LogP contribution in [-0.4, -0.2) is 10.8 Å². The number of non-ortho nitro benzene ring substituents is 1. The first-order valence-electron chi connectivity index (χ1n) is 5.79. The molecule has 0 saturated heterocycles. The van der Waals surface area contributed by atoms with Crippen LogP contribution in [0.4, 0.5) is 5.69 Å². The van der Waals surface area contributed by atoms with Crippen LogP contribution in [0, 0.1) is 10.1 Å². The van der Waals surface area contributed by atoms with Gasteiger partial charge in [-0.05, 0) is 47.7 Å². The van der Waals surface area contributed by atoms with Crippen molar-refractivity contribution in [2.24, 2.45) is 5.73 Å². The standard InChI is InChI=1S/C14H12N2O3S/c1-9(14(15)17)6-13-7-11(8-20-13)10-2-4-12(5-3-10)16(18)19/h2-8H,1H3,(H2,15,17)/b9-6+. The SMILES string of the molecule is C/C(=C\c1cc(-c2ccc([N+](=O)[O-])cc2)cs1)C(N)=O. The van der Waals surface area contributed by atoms with Crippen LogP contribution in [0.3, 0.4) is 0 Å². The highest BCUT2D eigenvalue weighted by atomic mass is 32.1. The first-order valence-corrected chi connectivity index (χ1v) is 6.67. The Labute approximate surface area is 119 Å². The summed E-state index contributed by atoms with van der Waals surface area (Å²) in [6, 6.07) is 8.26. The molecule has 1 aromatic heterocycles. The second kappa shape index (κ2) is 5.66. The van der Waals surface area contributed by atoms with Gasteiger partial charge in [-0.1, -0.05) is 0 Å². The maximum absolute atomic E-state index is 11.0. The summed E-state index contributed by atoms with van der Waals surface area (Å²) in [5.41, 5.74) is 7.58. The summed E-state index contributed by atoms with van der Waals surface area (Å²) in [6.07, 6.45) is 1.72. The number of benzene rings is 1. The summed E-state index contributed by atoms with van der Waals surface area (Å²) >= 11 is 1.48. The average molecular weight is 288 g/mol.